The fourth-order valence-electron chi connectivity index (χ4n) is 4.94. The Morgan fingerprint density at radius 2 is 1.92 bits per heavy atom. The molecule has 2 amide bonds. The van der Waals surface area contributed by atoms with E-state index < -0.39 is 0 Å². The van der Waals surface area contributed by atoms with E-state index in [-0.39, 0.29) is 18.1 Å². The van der Waals surface area contributed by atoms with Crippen molar-refractivity contribution in [2.24, 2.45) is 5.92 Å². The molecule has 184 valence electrons. The molecule has 2 N–H and O–H groups in total. The van der Waals surface area contributed by atoms with Crippen molar-refractivity contribution < 1.29 is 14.3 Å². The number of piperidine rings is 1. The van der Waals surface area contributed by atoms with E-state index in [4.69, 9.17) is 4.74 Å². The number of benzene rings is 2. The molecule has 1 aliphatic carbocycles. The predicted octanol–water partition coefficient (Wildman–Crippen LogP) is 5.17. The van der Waals surface area contributed by atoms with Crippen LogP contribution in [-0.2, 0) is 4.79 Å². The van der Waals surface area contributed by atoms with Gasteiger partial charge in [0.2, 0.25) is 6.41 Å². The number of nitrogens with zero attached hydrogens (tertiary/aromatic N) is 2. The highest BCUT2D eigenvalue weighted by Gasteiger charge is 2.34. The zero-order valence-corrected chi connectivity index (χ0v) is 20.7. The number of H-pyrrole nitrogens is 1. The van der Waals surface area contributed by atoms with E-state index in [1.54, 1.807) is 16.2 Å². The first-order valence-corrected chi connectivity index (χ1v) is 13.4. The number of aromatic amines is 1. The highest BCUT2D eigenvalue weighted by atomic mass is 32.1. The van der Waals surface area contributed by atoms with Crippen molar-refractivity contribution in [2.45, 2.75) is 37.8 Å². The minimum Gasteiger partial charge on any atom is -0.490 e. The zero-order valence-electron chi connectivity index (χ0n) is 19.9. The molecule has 2 aromatic heterocycles. The summed E-state index contributed by atoms with van der Waals surface area (Å²) in [6.07, 6.45) is 5.01. The van der Waals surface area contributed by atoms with Crippen LogP contribution in [0.2, 0.25) is 0 Å². The number of rotatable bonds is 8. The van der Waals surface area contributed by atoms with Crippen molar-refractivity contribution in [3.05, 3.63) is 70.4 Å². The molecule has 8 heteroatoms. The van der Waals surface area contributed by atoms with Gasteiger partial charge in [0.1, 0.15) is 11.9 Å². The summed E-state index contributed by atoms with van der Waals surface area (Å²) in [6.45, 7) is 1.46. The number of hydrogen-bond donors (Lipinski definition) is 2. The summed E-state index contributed by atoms with van der Waals surface area (Å²) in [4.78, 5) is 25.9. The molecule has 1 unspecified atom stereocenters. The van der Waals surface area contributed by atoms with Gasteiger partial charge >= 0.3 is 0 Å². The summed E-state index contributed by atoms with van der Waals surface area (Å²) in [5, 5.41) is 16.0. The van der Waals surface area contributed by atoms with Gasteiger partial charge in [0.25, 0.3) is 5.91 Å². The fraction of sp³-hybridized carbons (Fsp3) is 0.321. The average molecular weight is 501 g/mol. The molecule has 0 spiro atoms. The van der Waals surface area contributed by atoms with E-state index in [0.717, 1.165) is 73.1 Å². The molecular weight excluding hydrogens is 472 g/mol. The Hall–Kier alpha value is -3.65. The Morgan fingerprint density at radius 3 is 2.61 bits per heavy atom. The van der Waals surface area contributed by atoms with Crippen molar-refractivity contribution in [1.29, 1.82) is 0 Å². The van der Waals surface area contributed by atoms with Crippen LogP contribution in [0.15, 0.2) is 59.3 Å². The Morgan fingerprint density at radius 1 is 1.11 bits per heavy atom. The first-order chi connectivity index (χ1) is 17.7. The van der Waals surface area contributed by atoms with E-state index in [0.29, 0.717) is 11.5 Å². The maximum Gasteiger partial charge on any atom is 0.251 e. The highest BCUT2D eigenvalue weighted by molar-refractivity contribution is 7.08. The average Bonchev–Trinajstić information content (AvgIpc) is 3.43. The normalized spacial score (nSPS) is 17.2. The molecule has 36 heavy (non-hydrogen) atoms. The summed E-state index contributed by atoms with van der Waals surface area (Å²) in [5.41, 5.74) is 4.48. The van der Waals surface area contributed by atoms with Crippen molar-refractivity contribution >= 4 is 34.6 Å². The Labute approximate surface area is 213 Å². The number of likely N-dealkylation sites (tertiary alicyclic amines) is 1. The minimum atomic E-state index is -0.0588. The molecule has 2 aliphatic rings. The van der Waals surface area contributed by atoms with E-state index in [1.807, 2.05) is 42.5 Å². The van der Waals surface area contributed by atoms with Crippen LogP contribution in [0.1, 0.15) is 47.6 Å². The molecule has 6 rings (SSSR count). The monoisotopic (exact) mass is 500 g/mol. The van der Waals surface area contributed by atoms with Gasteiger partial charge in [0.15, 0.2) is 0 Å². The second-order valence-electron chi connectivity index (χ2n) is 9.66. The number of fused-ring (bicyclic) bond motifs is 1. The molecule has 1 saturated heterocycles. The molecule has 1 atom stereocenters. The molecule has 1 saturated carbocycles. The molecule has 3 heterocycles. The van der Waals surface area contributed by atoms with Gasteiger partial charge in [-0.05, 0) is 83.6 Å². The molecule has 0 radical (unpaired) electrons. The summed E-state index contributed by atoms with van der Waals surface area (Å²) in [5.74, 6) is 1.27. The molecular formula is C28H28N4O3S. The largest absolute Gasteiger partial charge is 0.490 e. The lowest BCUT2D eigenvalue weighted by Crippen LogP contribution is -2.37. The van der Waals surface area contributed by atoms with E-state index in [1.165, 1.54) is 5.56 Å². The van der Waals surface area contributed by atoms with Gasteiger partial charge in [-0.25, -0.2) is 0 Å². The van der Waals surface area contributed by atoms with Crippen molar-refractivity contribution in [3.8, 4) is 17.0 Å². The van der Waals surface area contributed by atoms with Gasteiger partial charge in [-0.15, -0.1) is 0 Å². The zero-order chi connectivity index (χ0) is 24.5. The van der Waals surface area contributed by atoms with Crippen molar-refractivity contribution in [1.82, 2.24) is 20.4 Å². The minimum absolute atomic E-state index is 0.0588. The van der Waals surface area contributed by atoms with Crippen LogP contribution < -0.4 is 10.1 Å². The van der Waals surface area contributed by atoms with Crippen LogP contribution in [0, 0.1) is 5.92 Å². The van der Waals surface area contributed by atoms with Crippen molar-refractivity contribution in [2.75, 3.05) is 13.1 Å². The first-order valence-electron chi connectivity index (χ1n) is 12.5. The third kappa shape index (κ3) is 4.73. The summed E-state index contributed by atoms with van der Waals surface area (Å²) in [7, 11) is 0. The lowest BCUT2D eigenvalue weighted by molar-refractivity contribution is -0.119. The number of hydrogen-bond acceptors (Lipinski definition) is 5. The van der Waals surface area contributed by atoms with E-state index in [9.17, 15) is 9.59 Å². The fourth-order valence-corrected chi connectivity index (χ4v) is 5.63. The molecule has 4 aromatic rings. The number of ether oxygens (including phenoxy) is 1. The number of carbonyl (C=O) groups excluding carboxylic acids is 2. The Kier molecular flexibility index (Phi) is 6.19. The Balaban J connectivity index is 1.18. The van der Waals surface area contributed by atoms with Crippen LogP contribution in [0.4, 0.5) is 0 Å². The smallest absolute Gasteiger partial charge is 0.251 e. The Bertz CT molecular complexity index is 1350. The maximum absolute atomic E-state index is 13.2. The second kappa shape index (κ2) is 9.78. The van der Waals surface area contributed by atoms with Gasteiger partial charge in [0, 0.05) is 42.4 Å². The molecule has 7 nitrogen and oxygen atoms in total. The topological polar surface area (TPSA) is 87.3 Å². The maximum atomic E-state index is 13.2. The van der Waals surface area contributed by atoms with Gasteiger partial charge < -0.3 is 15.0 Å². The predicted molar refractivity (Wildman–Crippen MR) is 140 cm³/mol. The molecule has 2 fully saturated rings. The standard InChI is InChI=1S/C28H28N4O3S/c33-17-32-12-9-23(10-13-32)35-22-6-3-19(4-7-22)27-24-15-20(5-8-25(24)30-31-27)28(34)29-26(18-1-2-18)21-11-14-36-16-21/h3-8,11,14-18,23,26H,1-2,9-10,12-13H2,(H,29,34)(H,30,31). The summed E-state index contributed by atoms with van der Waals surface area (Å²) < 4.78 is 6.13. The van der Waals surface area contributed by atoms with Crippen LogP contribution in [-0.4, -0.2) is 46.6 Å². The van der Waals surface area contributed by atoms with Crippen LogP contribution in [0.5, 0.6) is 5.75 Å². The number of nitrogens with one attached hydrogen (secondary N) is 2. The number of aromatic nitrogens is 2. The third-order valence-electron chi connectivity index (χ3n) is 7.16. The van der Waals surface area contributed by atoms with Gasteiger partial charge in [0.05, 0.1) is 17.3 Å². The number of amides is 2. The second-order valence-corrected chi connectivity index (χ2v) is 10.4. The van der Waals surface area contributed by atoms with Crippen LogP contribution in [0.25, 0.3) is 22.2 Å². The number of carbonyl (C=O) groups is 2. The first kappa shape index (κ1) is 22.8. The summed E-state index contributed by atoms with van der Waals surface area (Å²) >= 11 is 1.66. The summed E-state index contributed by atoms with van der Waals surface area (Å²) in [6, 6.07) is 15.8. The van der Waals surface area contributed by atoms with E-state index >= 15 is 0 Å². The lowest BCUT2D eigenvalue weighted by atomic mass is 10.0. The van der Waals surface area contributed by atoms with Gasteiger partial charge in [-0.3, -0.25) is 14.7 Å². The van der Waals surface area contributed by atoms with Gasteiger partial charge in [-0.2, -0.15) is 16.4 Å². The number of thiophene rings is 1. The SMILES string of the molecule is O=CN1CCC(Oc2ccc(-c3n[nH]c4ccc(C(=O)NC(c5ccsc5)C5CC5)cc34)cc2)CC1. The molecule has 0 bridgehead atoms. The van der Waals surface area contributed by atoms with Crippen LogP contribution in [0.3, 0.4) is 0 Å². The van der Waals surface area contributed by atoms with E-state index in [2.05, 4.69) is 32.3 Å². The van der Waals surface area contributed by atoms with Crippen molar-refractivity contribution in [3.63, 3.8) is 0 Å². The quantitative estimate of drug-likeness (QED) is 0.327. The highest BCUT2D eigenvalue weighted by Crippen LogP contribution is 2.41. The molecule has 1 aliphatic heterocycles. The van der Waals surface area contributed by atoms with Crippen LogP contribution >= 0.6 is 11.3 Å². The lowest BCUT2D eigenvalue weighted by Gasteiger charge is -2.29. The molecule has 2 aromatic carbocycles. The third-order valence-corrected chi connectivity index (χ3v) is 7.86. The van der Waals surface area contributed by atoms with Gasteiger partial charge in [-0.1, -0.05) is 0 Å².